The van der Waals surface area contributed by atoms with Crippen molar-refractivity contribution in [3.63, 3.8) is 0 Å². The van der Waals surface area contributed by atoms with Gasteiger partial charge in [0.25, 0.3) is 0 Å². The molecule has 0 bridgehead atoms. The van der Waals surface area contributed by atoms with E-state index in [0.717, 1.165) is 11.1 Å². The largest absolute Gasteiger partial charge is 0.199 e. The second-order valence-corrected chi connectivity index (χ2v) is 31.5. The van der Waals surface area contributed by atoms with Crippen LogP contribution in [0.5, 0.6) is 0 Å². The van der Waals surface area contributed by atoms with Crippen molar-refractivity contribution in [2.75, 3.05) is 0 Å². The van der Waals surface area contributed by atoms with Crippen LogP contribution in [0.3, 0.4) is 0 Å². The number of benzene rings is 2. The first-order valence-corrected chi connectivity index (χ1v) is 23.9. The summed E-state index contributed by atoms with van der Waals surface area (Å²) in [6.45, 7) is 7.44. The number of rotatable bonds is 0. The van der Waals surface area contributed by atoms with Crippen molar-refractivity contribution in [1.29, 1.82) is 0 Å². The van der Waals surface area contributed by atoms with E-state index in [1.54, 1.807) is 0 Å². The molecule has 6 heteroatoms. The van der Waals surface area contributed by atoms with E-state index >= 15 is 0 Å². The van der Waals surface area contributed by atoms with Crippen LogP contribution in [-0.4, -0.2) is 0 Å². The zero-order valence-electron chi connectivity index (χ0n) is 10.3. The van der Waals surface area contributed by atoms with Crippen molar-refractivity contribution in [2.45, 2.75) is 0 Å². The van der Waals surface area contributed by atoms with Gasteiger partial charge in [0, 0.05) is 0 Å². The van der Waals surface area contributed by atoms with Gasteiger partial charge in [-0.15, -0.1) is 24.3 Å². The van der Waals surface area contributed by atoms with Crippen LogP contribution in [0.15, 0.2) is 60.7 Å². The summed E-state index contributed by atoms with van der Waals surface area (Å²) in [4.78, 5) is 0. The topological polar surface area (TPSA) is 0 Å². The van der Waals surface area contributed by atoms with Crippen LogP contribution < -0.4 is 0 Å². The third kappa shape index (κ3) is 21.9. The van der Waals surface area contributed by atoms with Crippen LogP contribution in [0, 0.1) is 13.8 Å². The molecule has 0 saturated carbocycles. The van der Waals surface area contributed by atoms with E-state index in [1.165, 1.54) is 0 Å². The van der Waals surface area contributed by atoms with Crippen molar-refractivity contribution in [2.24, 2.45) is 0 Å². The van der Waals surface area contributed by atoms with E-state index in [1.807, 2.05) is 60.7 Å². The van der Waals surface area contributed by atoms with Gasteiger partial charge in [-0.25, -0.2) is 0 Å². The molecule has 2 aromatic rings. The SMILES string of the molecule is [Br][Au].[Br][Au]([Br])[Br].[CH2-]c1ccccc1.[CH2-]c1ccccc1. The molecular formula is C14H14Au2Br4-2. The summed E-state index contributed by atoms with van der Waals surface area (Å²) in [5, 5.41) is 0. The van der Waals surface area contributed by atoms with Gasteiger partial charge in [0.15, 0.2) is 0 Å². The molecule has 0 atom stereocenters. The molecule has 0 aliphatic carbocycles. The van der Waals surface area contributed by atoms with Crippen LogP contribution in [0.1, 0.15) is 11.1 Å². The molecule has 0 saturated heterocycles. The zero-order chi connectivity index (χ0) is 15.8. The predicted molar refractivity (Wildman–Crippen MR) is 97.5 cm³/mol. The van der Waals surface area contributed by atoms with E-state index in [9.17, 15) is 0 Å². The van der Waals surface area contributed by atoms with E-state index in [4.69, 9.17) is 0 Å². The molecule has 0 radical (unpaired) electrons. The molecular weight excluding hydrogens is 882 g/mol. The average molecular weight is 896 g/mol. The van der Waals surface area contributed by atoms with Gasteiger partial charge in [0.1, 0.15) is 0 Å². The zero-order valence-corrected chi connectivity index (χ0v) is 21.0. The fourth-order valence-corrected chi connectivity index (χ4v) is 0.956. The van der Waals surface area contributed by atoms with Crippen LogP contribution in [0.4, 0.5) is 0 Å². The van der Waals surface area contributed by atoms with Crippen molar-refractivity contribution < 1.29 is 31.0 Å². The van der Waals surface area contributed by atoms with E-state index in [2.05, 4.69) is 84.9 Å². The molecule has 20 heavy (non-hydrogen) atoms. The Kier molecular flexibility index (Phi) is 22.2. The summed E-state index contributed by atoms with van der Waals surface area (Å²) in [6.07, 6.45) is 0. The number of halogens is 4. The van der Waals surface area contributed by atoms with Crippen LogP contribution in [0.2, 0.25) is 0 Å². The van der Waals surface area contributed by atoms with Gasteiger partial charge >= 0.3 is 83.1 Å². The molecule has 2 rings (SSSR count). The maximum atomic E-state index is 3.72. The molecule has 0 amide bonds. The summed E-state index contributed by atoms with van der Waals surface area (Å²) < 4.78 is 0. The second kappa shape index (κ2) is 18.6. The van der Waals surface area contributed by atoms with Crippen LogP contribution >= 0.6 is 52.1 Å². The number of hydrogen-bond acceptors (Lipinski definition) is 0. The quantitative estimate of drug-likeness (QED) is 0.196. The van der Waals surface area contributed by atoms with Gasteiger partial charge < -0.3 is 0 Å². The van der Waals surface area contributed by atoms with Gasteiger partial charge in [-0.2, -0.15) is 49.2 Å². The molecule has 0 fully saturated rings. The molecule has 0 aromatic heterocycles. The second-order valence-electron chi connectivity index (χ2n) is 3.10. The van der Waals surface area contributed by atoms with Crippen LogP contribution in [0.25, 0.3) is 0 Å². The fraction of sp³-hybridized carbons (Fsp3) is 0. The molecule has 122 valence electrons. The molecule has 0 aliphatic rings. The van der Waals surface area contributed by atoms with E-state index < -0.39 is 12.0 Å². The minimum Gasteiger partial charge on any atom is -0.199 e. The monoisotopic (exact) mass is 892 g/mol. The van der Waals surface area contributed by atoms with Gasteiger partial charge in [0.2, 0.25) is 0 Å². The van der Waals surface area contributed by atoms with Crippen molar-refractivity contribution in [3.05, 3.63) is 85.6 Å². The molecule has 0 N–H and O–H groups in total. The van der Waals surface area contributed by atoms with E-state index in [-0.39, 0.29) is 0 Å². The van der Waals surface area contributed by atoms with Gasteiger partial charge in [0.05, 0.1) is 0 Å². The van der Waals surface area contributed by atoms with E-state index in [0.29, 0.717) is 0 Å². The average Bonchev–Trinajstić information content (AvgIpc) is 2.43. The Bertz CT molecular complexity index is 356. The Balaban J connectivity index is 0. The molecule has 0 aliphatic heterocycles. The van der Waals surface area contributed by atoms with Gasteiger partial charge in [-0.1, -0.05) is 12.1 Å². The summed E-state index contributed by atoms with van der Waals surface area (Å²) in [7, 11) is 0. The Labute approximate surface area is 166 Å². The normalized spacial score (nSPS) is 8.60. The minimum absolute atomic E-state index is 0.766. The van der Waals surface area contributed by atoms with Gasteiger partial charge in [-0.3, -0.25) is 0 Å². The van der Waals surface area contributed by atoms with Crippen molar-refractivity contribution in [3.8, 4) is 0 Å². The minimum atomic E-state index is -0.766. The molecule has 0 unspecified atom stereocenters. The third-order valence-corrected chi connectivity index (χ3v) is 1.69. The smallest absolute Gasteiger partial charge is 0.0866 e. The Morgan fingerprint density at radius 3 is 0.950 bits per heavy atom. The summed E-state index contributed by atoms with van der Waals surface area (Å²) in [6, 6.07) is 19.7. The summed E-state index contributed by atoms with van der Waals surface area (Å²) >= 11 is 14.0. The first-order valence-electron chi connectivity index (χ1n) is 4.98. The maximum Gasteiger partial charge on any atom is -0.0866 e. The van der Waals surface area contributed by atoms with Crippen LogP contribution in [-0.2, 0) is 31.0 Å². The standard InChI is InChI=1S/2C7H7.2Au.4BrH/c2*1-7-5-3-2-4-6-7;;;;;;/h2*2-6H,1H2;;;4*1H/q2*-1;+1;+3;;;;/p-4. The Hall–Kier alpha value is 1.58. The molecule has 0 spiro atoms. The summed E-state index contributed by atoms with van der Waals surface area (Å²) in [5.41, 5.74) is 2.14. The molecule has 0 heterocycles. The Morgan fingerprint density at radius 2 is 0.850 bits per heavy atom. The summed E-state index contributed by atoms with van der Waals surface area (Å²) in [5.74, 6) is 0. The third-order valence-electron chi connectivity index (χ3n) is 1.69. The maximum absolute atomic E-state index is 3.72. The first-order chi connectivity index (χ1) is 9.52. The van der Waals surface area contributed by atoms with Crippen molar-refractivity contribution in [1.82, 2.24) is 0 Å². The predicted octanol–water partition coefficient (Wildman–Crippen LogP) is 7.11. The van der Waals surface area contributed by atoms with Gasteiger partial charge in [-0.05, 0) is 0 Å². The molecule has 0 nitrogen and oxygen atoms in total. The van der Waals surface area contributed by atoms with Crippen molar-refractivity contribution >= 4 is 52.1 Å². The first kappa shape index (κ1) is 23.8. The number of hydrogen-bond donors (Lipinski definition) is 0. The fourth-order valence-electron chi connectivity index (χ4n) is 0.956. The Morgan fingerprint density at radius 1 is 0.650 bits per heavy atom. The molecule has 2 aromatic carbocycles.